The highest BCUT2D eigenvalue weighted by molar-refractivity contribution is 5.38. The highest BCUT2D eigenvalue weighted by Gasteiger charge is 2.39. The number of hydrogen-bond acceptors (Lipinski definition) is 4. The van der Waals surface area contributed by atoms with Gasteiger partial charge < -0.3 is 14.8 Å². The highest BCUT2D eigenvalue weighted by Crippen LogP contribution is 2.36. The molecule has 21 heavy (non-hydrogen) atoms. The van der Waals surface area contributed by atoms with Crippen LogP contribution in [0.5, 0.6) is 5.75 Å². The van der Waals surface area contributed by atoms with Gasteiger partial charge in [0, 0.05) is 19.2 Å². The summed E-state index contributed by atoms with van der Waals surface area (Å²) in [5.74, 6) is 1.01. The van der Waals surface area contributed by atoms with E-state index in [2.05, 4.69) is 35.3 Å². The predicted molar refractivity (Wildman–Crippen MR) is 83.7 cm³/mol. The third kappa shape index (κ3) is 2.80. The summed E-state index contributed by atoms with van der Waals surface area (Å²) in [5.41, 5.74) is 1.23. The van der Waals surface area contributed by atoms with Gasteiger partial charge in [-0.05, 0) is 39.4 Å². The van der Waals surface area contributed by atoms with Crippen molar-refractivity contribution in [3.05, 3.63) is 29.8 Å². The summed E-state index contributed by atoms with van der Waals surface area (Å²) >= 11 is 0. The third-order valence-electron chi connectivity index (χ3n) is 5.01. The molecule has 1 N–H and O–H groups in total. The topological polar surface area (TPSA) is 33.7 Å². The number of nitrogens with zero attached hydrogens (tertiary/aromatic N) is 1. The van der Waals surface area contributed by atoms with E-state index in [1.54, 1.807) is 0 Å². The van der Waals surface area contributed by atoms with Crippen LogP contribution in [0, 0.1) is 0 Å². The molecule has 2 heterocycles. The molecule has 2 aliphatic rings. The van der Waals surface area contributed by atoms with Crippen molar-refractivity contribution in [1.29, 1.82) is 0 Å². The summed E-state index contributed by atoms with van der Waals surface area (Å²) < 4.78 is 11.7. The molecule has 3 atom stereocenters. The van der Waals surface area contributed by atoms with Gasteiger partial charge in [0.15, 0.2) is 0 Å². The Bertz CT molecular complexity index is 493. The zero-order valence-electron chi connectivity index (χ0n) is 13.3. The Labute approximate surface area is 127 Å². The van der Waals surface area contributed by atoms with E-state index in [4.69, 9.17) is 9.47 Å². The quantitative estimate of drug-likeness (QED) is 0.925. The van der Waals surface area contributed by atoms with E-state index < -0.39 is 0 Å². The van der Waals surface area contributed by atoms with Crippen LogP contribution in [0.1, 0.15) is 31.4 Å². The van der Waals surface area contributed by atoms with Crippen molar-refractivity contribution in [2.24, 2.45) is 0 Å². The second kappa shape index (κ2) is 5.95. The van der Waals surface area contributed by atoms with E-state index in [1.807, 2.05) is 20.2 Å². The lowest BCUT2D eigenvalue weighted by Gasteiger charge is -2.46. The molecule has 4 nitrogen and oxygen atoms in total. The third-order valence-corrected chi connectivity index (χ3v) is 5.01. The molecular weight excluding hydrogens is 264 g/mol. The normalized spacial score (nSPS) is 33.3. The number of piperidine rings is 1. The molecule has 0 spiro atoms. The van der Waals surface area contributed by atoms with Gasteiger partial charge in [-0.1, -0.05) is 18.2 Å². The number of methoxy groups -OCH3 is 1. The van der Waals surface area contributed by atoms with Crippen LogP contribution < -0.4 is 10.1 Å². The smallest absolute Gasteiger partial charge is 0.124 e. The SMILES string of the molecule is CNC1c2ccccc2OCC1N1CCCC(C)(OC)C1. The Morgan fingerprint density at radius 1 is 1.38 bits per heavy atom. The fraction of sp³-hybridized carbons (Fsp3) is 0.647. The van der Waals surface area contributed by atoms with Gasteiger partial charge in [0.05, 0.1) is 17.7 Å². The van der Waals surface area contributed by atoms with Crippen LogP contribution in [-0.4, -0.2) is 50.4 Å². The number of fused-ring (bicyclic) bond motifs is 1. The Morgan fingerprint density at radius 2 is 2.19 bits per heavy atom. The number of likely N-dealkylation sites (tertiary alicyclic amines) is 1. The fourth-order valence-corrected chi connectivity index (χ4v) is 3.71. The first-order valence-electron chi connectivity index (χ1n) is 7.85. The molecule has 2 aliphatic heterocycles. The van der Waals surface area contributed by atoms with E-state index in [9.17, 15) is 0 Å². The van der Waals surface area contributed by atoms with E-state index in [-0.39, 0.29) is 5.60 Å². The van der Waals surface area contributed by atoms with Crippen LogP contribution in [0.15, 0.2) is 24.3 Å². The largest absolute Gasteiger partial charge is 0.492 e. The second-order valence-electron chi connectivity index (χ2n) is 6.41. The summed E-state index contributed by atoms with van der Waals surface area (Å²) in [4.78, 5) is 2.53. The van der Waals surface area contributed by atoms with Crippen LogP contribution in [0.4, 0.5) is 0 Å². The average Bonchev–Trinajstić information content (AvgIpc) is 2.53. The van der Waals surface area contributed by atoms with Crippen LogP contribution in [-0.2, 0) is 4.74 Å². The van der Waals surface area contributed by atoms with Crippen molar-refractivity contribution < 1.29 is 9.47 Å². The Morgan fingerprint density at radius 3 is 2.95 bits per heavy atom. The lowest BCUT2D eigenvalue weighted by molar-refractivity contribution is -0.0715. The number of benzene rings is 1. The number of rotatable bonds is 3. The molecule has 116 valence electrons. The molecule has 1 fully saturated rings. The molecule has 3 unspecified atom stereocenters. The Kier molecular flexibility index (Phi) is 4.20. The van der Waals surface area contributed by atoms with E-state index in [1.165, 1.54) is 12.0 Å². The van der Waals surface area contributed by atoms with Crippen molar-refractivity contribution in [2.45, 2.75) is 37.5 Å². The first-order chi connectivity index (χ1) is 10.2. The van der Waals surface area contributed by atoms with E-state index in [0.29, 0.717) is 12.1 Å². The van der Waals surface area contributed by atoms with Gasteiger partial charge in [0.1, 0.15) is 12.4 Å². The average molecular weight is 290 g/mol. The first-order valence-corrected chi connectivity index (χ1v) is 7.85. The van der Waals surface area contributed by atoms with Gasteiger partial charge in [0.25, 0.3) is 0 Å². The second-order valence-corrected chi connectivity index (χ2v) is 6.41. The van der Waals surface area contributed by atoms with Crippen molar-refractivity contribution in [2.75, 3.05) is 33.9 Å². The molecule has 0 saturated carbocycles. The van der Waals surface area contributed by atoms with E-state index >= 15 is 0 Å². The van der Waals surface area contributed by atoms with Crippen LogP contribution >= 0.6 is 0 Å². The summed E-state index contributed by atoms with van der Waals surface area (Å²) in [6.45, 7) is 5.04. The summed E-state index contributed by atoms with van der Waals surface area (Å²) in [7, 11) is 3.87. The zero-order chi connectivity index (χ0) is 14.9. The Balaban J connectivity index is 1.82. The van der Waals surface area contributed by atoms with Gasteiger partial charge in [-0.15, -0.1) is 0 Å². The molecule has 1 aromatic rings. The lowest BCUT2D eigenvalue weighted by Crippen LogP contribution is -2.57. The van der Waals surface area contributed by atoms with Gasteiger partial charge in [-0.2, -0.15) is 0 Å². The maximum Gasteiger partial charge on any atom is 0.124 e. The summed E-state index contributed by atoms with van der Waals surface area (Å²) in [5, 5.41) is 3.49. The van der Waals surface area contributed by atoms with Crippen molar-refractivity contribution in [3.8, 4) is 5.75 Å². The van der Waals surface area contributed by atoms with Crippen molar-refractivity contribution >= 4 is 0 Å². The van der Waals surface area contributed by atoms with Gasteiger partial charge in [0.2, 0.25) is 0 Å². The highest BCUT2D eigenvalue weighted by atomic mass is 16.5. The number of ether oxygens (including phenoxy) is 2. The molecule has 0 aromatic heterocycles. The molecule has 3 rings (SSSR count). The zero-order valence-corrected chi connectivity index (χ0v) is 13.3. The minimum Gasteiger partial charge on any atom is -0.492 e. The summed E-state index contributed by atoms with van der Waals surface area (Å²) in [6.07, 6.45) is 2.31. The monoisotopic (exact) mass is 290 g/mol. The van der Waals surface area contributed by atoms with Crippen LogP contribution in [0.2, 0.25) is 0 Å². The fourth-order valence-electron chi connectivity index (χ4n) is 3.71. The standard InChI is InChI=1S/C17H26N2O2/c1-17(20-3)9-6-10-19(12-17)14-11-21-15-8-5-4-7-13(15)16(14)18-2/h4-5,7-8,14,16,18H,6,9-12H2,1-3H3. The molecular formula is C17H26N2O2. The number of likely N-dealkylation sites (N-methyl/N-ethyl adjacent to an activating group) is 1. The molecule has 0 radical (unpaired) electrons. The maximum absolute atomic E-state index is 6.00. The first kappa shape index (κ1) is 14.8. The molecule has 1 aromatic carbocycles. The molecule has 0 aliphatic carbocycles. The number of hydrogen-bond donors (Lipinski definition) is 1. The number of para-hydroxylation sites is 1. The molecule has 1 saturated heterocycles. The van der Waals surface area contributed by atoms with Crippen LogP contribution in [0.3, 0.4) is 0 Å². The predicted octanol–water partition coefficient (Wildman–Crippen LogP) is 2.21. The minimum absolute atomic E-state index is 0.0342. The minimum atomic E-state index is -0.0342. The van der Waals surface area contributed by atoms with Crippen molar-refractivity contribution in [3.63, 3.8) is 0 Å². The number of nitrogens with one attached hydrogen (secondary N) is 1. The van der Waals surface area contributed by atoms with Gasteiger partial charge >= 0.3 is 0 Å². The van der Waals surface area contributed by atoms with Crippen molar-refractivity contribution in [1.82, 2.24) is 10.2 Å². The van der Waals surface area contributed by atoms with Gasteiger partial charge in [-0.25, -0.2) is 0 Å². The van der Waals surface area contributed by atoms with Crippen LogP contribution in [0.25, 0.3) is 0 Å². The van der Waals surface area contributed by atoms with Gasteiger partial charge in [-0.3, -0.25) is 4.90 Å². The molecule has 0 bridgehead atoms. The maximum atomic E-state index is 6.00. The lowest BCUT2D eigenvalue weighted by atomic mass is 9.89. The molecule has 4 heteroatoms. The van der Waals surface area contributed by atoms with E-state index in [0.717, 1.165) is 31.9 Å². The molecule has 0 amide bonds. The summed E-state index contributed by atoms with van der Waals surface area (Å²) in [6, 6.07) is 9.03. The Hall–Kier alpha value is -1.10.